The molecule has 0 saturated carbocycles. The summed E-state index contributed by atoms with van der Waals surface area (Å²) < 4.78 is 8.06. The number of hydrogen-bond donors (Lipinski definition) is 0. The standard InChI is InChI=1S/C24H28N4O/c1-3-27(4-2)16-9-17-29-24-21-11-6-8-13-23(21)28(26-24)18-20-15-14-19-10-5-7-12-22(19)25-20/h5-8,10-15H,3-4,9,16-18H2,1-2H3. The summed E-state index contributed by atoms with van der Waals surface area (Å²) >= 11 is 0. The summed E-state index contributed by atoms with van der Waals surface area (Å²) in [5.41, 5.74) is 3.07. The second-order valence-electron chi connectivity index (χ2n) is 7.20. The van der Waals surface area contributed by atoms with Gasteiger partial charge in [0.2, 0.25) is 5.88 Å². The molecule has 2 aromatic carbocycles. The Labute approximate surface area is 171 Å². The van der Waals surface area contributed by atoms with Crippen molar-refractivity contribution in [3.63, 3.8) is 0 Å². The molecule has 150 valence electrons. The van der Waals surface area contributed by atoms with Crippen molar-refractivity contribution in [3.05, 3.63) is 66.4 Å². The van der Waals surface area contributed by atoms with E-state index in [0.717, 1.165) is 53.6 Å². The number of ether oxygens (including phenoxy) is 1. The maximum Gasteiger partial charge on any atom is 0.240 e. The van der Waals surface area contributed by atoms with Gasteiger partial charge in [-0.2, -0.15) is 0 Å². The molecule has 0 saturated heterocycles. The molecule has 0 spiro atoms. The van der Waals surface area contributed by atoms with Crippen molar-refractivity contribution in [1.29, 1.82) is 0 Å². The van der Waals surface area contributed by atoms with Crippen LogP contribution in [0.2, 0.25) is 0 Å². The second-order valence-corrected chi connectivity index (χ2v) is 7.20. The molecule has 0 amide bonds. The van der Waals surface area contributed by atoms with E-state index in [9.17, 15) is 0 Å². The minimum Gasteiger partial charge on any atom is -0.476 e. The number of aromatic nitrogens is 3. The van der Waals surface area contributed by atoms with Crippen LogP contribution in [0.15, 0.2) is 60.7 Å². The SMILES string of the molecule is CCN(CC)CCCOc1nn(Cc2ccc3ccccc3n2)c2ccccc12. The Balaban J connectivity index is 1.52. The Hall–Kier alpha value is -2.92. The molecule has 0 fully saturated rings. The fourth-order valence-electron chi connectivity index (χ4n) is 3.67. The molecule has 4 aromatic rings. The highest BCUT2D eigenvalue weighted by Crippen LogP contribution is 2.25. The summed E-state index contributed by atoms with van der Waals surface area (Å²) in [5, 5.41) is 6.97. The normalized spacial score (nSPS) is 11.6. The summed E-state index contributed by atoms with van der Waals surface area (Å²) in [5.74, 6) is 0.709. The molecule has 29 heavy (non-hydrogen) atoms. The van der Waals surface area contributed by atoms with E-state index >= 15 is 0 Å². The van der Waals surface area contributed by atoms with Gasteiger partial charge in [0.15, 0.2) is 0 Å². The molecule has 0 N–H and O–H groups in total. The third kappa shape index (κ3) is 4.40. The summed E-state index contributed by atoms with van der Waals surface area (Å²) in [4.78, 5) is 7.20. The van der Waals surface area contributed by atoms with Crippen molar-refractivity contribution in [1.82, 2.24) is 19.7 Å². The minimum absolute atomic E-state index is 0.619. The number of para-hydroxylation sites is 2. The zero-order valence-electron chi connectivity index (χ0n) is 17.2. The summed E-state index contributed by atoms with van der Waals surface area (Å²) in [6, 6.07) is 20.6. The van der Waals surface area contributed by atoms with E-state index in [4.69, 9.17) is 14.8 Å². The van der Waals surface area contributed by atoms with Crippen LogP contribution in [0.4, 0.5) is 0 Å². The molecule has 4 rings (SSSR count). The molecule has 2 heterocycles. The molecule has 5 nitrogen and oxygen atoms in total. The Morgan fingerprint density at radius 3 is 2.59 bits per heavy atom. The maximum absolute atomic E-state index is 6.07. The number of benzene rings is 2. The van der Waals surface area contributed by atoms with Gasteiger partial charge in [-0.1, -0.05) is 50.2 Å². The van der Waals surface area contributed by atoms with Crippen molar-refractivity contribution < 1.29 is 4.74 Å². The second kappa shape index (κ2) is 9.05. The van der Waals surface area contributed by atoms with Gasteiger partial charge < -0.3 is 9.64 Å². The van der Waals surface area contributed by atoms with Crippen LogP contribution >= 0.6 is 0 Å². The monoisotopic (exact) mass is 388 g/mol. The van der Waals surface area contributed by atoms with Gasteiger partial charge >= 0.3 is 0 Å². The van der Waals surface area contributed by atoms with Gasteiger partial charge in [0, 0.05) is 11.9 Å². The first-order valence-corrected chi connectivity index (χ1v) is 10.4. The van der Waals surface area contributed by atoms with Crippen molar-refractivity contribution >= 4 is 21.8 Å². The Morgan fingerprint density at radius 2 is 1.72 bits per heavy atom. The van der Waals surface area contributed by atoms with E-state index in [1.165, 1.54) is 0 Å². The molecular weight excluding hydrogens is 360 g/mol. The quantitative estimate of drug-likeness (QED) is 0.388. The lowest BCUT2D eigenvalue weighted by molar-refractivity contribution is 0.244. The molecule has 5 heteroatoms. The fourth-order valence-corrected chi connectivity index (χ4v) is 3.67. The molecule has 0 aliphatic heterocycles. The van der Waals surface area contributed by atoms with E-state index in [2.05, 4.69) is 49.1 Å². The number of fused-ring (bicyclic) bond motifs is 2. The van der Waals surface area contributed by atoms with Gasteiger partial charge in [-0.25, -0.2) is 0 Å². The fraction of sp³-hybridized carbons (Fsp3) is 0.333. The Morgan fingerprint density at radius 1 is 0.931 bits per heavy atom. The molecule has 2 aromatic heterocycles. The lowest BCUT2D eigenvalue weighted by atomic mass is 10.2. The lowest BCUT2D eigenvalue weighted by Crippen LogP contribution is -2.25. The van der Waals surface area contributed by atoms with Crippen LogP contribution in [0.1, 0.15) is 26.0 Å². The first kappa shape index (κ1) is 19.4. The van der Waals surface area contributed by atoms with Gasteiger partial charge in [0.1, 0.15) is 0 Å². The molecule has 0 unspecified atom stereocenters. The third-order valence-corrected chi connectivity index (χ3v) is 5.34. The van der Waals surface area contributed by atoms with Crippen LogP contribution in [-0.4, -0.2) is 45.9 Å². The Bertz CT molecular complexity index is 1080. The highest BCUT2D eigenvalue weighted by molar-refractivity contribution is 5.84. The highest BCUT2D eigenvalue weighted by Gasteiger charge is 2.12. The maximum atomic E-state index is 6.07. The van der Waals surface area contributed by atoms with E-state index < -0.39 is 0 Å². The highest BCUT2D eigenvalue weighted by atomic mass is 16.5. The van der Waals surface area contributed by atoms with Crippen molar-refractivity contribution in [2.45, 2.75) is 26.8 Å². The first-order chi connectivity index (χ1) is 14.3. The summed E-state index contributed by atoms with van der Waals surface area (Å²) in [6.45, 7) is 8.88. The van der Waals surface area contributed by atoms with Gasteiger partial charge in [-0.15, -0.1) is 5.10 Å². The van der Waals surface area contributed by atoms with Crippen molar-refractivity contribution in [3.8, 4) is 5.88 Å². The molecule has 0 atom stereocenters. The van der Waals surface area contributed by atoms with E-state index in [-0.39, 0.29) is 0 Å². The van der Waals surface area contributed by atoms with Crippen LogP contribution in [0.25, 0.3) is 21.8 Å². The number of pyridine rings is 1. The van der Waals surface area contributed by atoms with E-state index in [0.29, 0.717) is 19.0 Å². The van der Waals surface area contributed by atoms with Gasteiger partial charge in [0.05, 0.1) is 35.3 Å². The van der Waals surface area contributed by atoms with Crippen LogP contribution in [-0.2, 0) is 6.54 Å². The van der Waals surface area contributed by atoms with Crippen LogP contribution < -0.4 is 4.74 Å². The topological polar surface area (TPSA) is 43.2 Å². The molecule has 0 aliphatic rings. The van der Waals surface area contributed by atoms with Crippen LogP contribution in [0.5, 0.6) is 5.88 Å². The van der Waals surface area contributed by atoms with Gasteiger partial charge in [0.25, 0.3) is 0 Å². The smallest absolute Gasteiger partial charge is 0.240 e. The van der Waals surface area contributed by atoms with Crippen molar-refractivity contribution in [2.75, 3.05) is 26.2 Å². The molecular formula is C24H28N4O. The zero-order chi connectivity index (χ0) is 20.1. The average Bonchev–Trinajstić information content (AvgIpc) is 3.11. The minimum atomic E-state index is 0.619. The predicted octanol–water partition coefficient (Wildman–Crippen LogP) is 4.74. The number of hydrogen-bond acceptors (Lipinski definition) is 4. The zero-order valence-corrected chi connectivity index (χ0v) is 17.2. The number of rotatable bonds is 9. The largest absolute Gasteiger partial charge is 0.476 e. The van der Waals surface area contributed by atoms with Crippen molar-refractivity contribution in [2.24, 2.45) is 0 Å². The predicted molar refractivity (Wildman–Crippen MR) is 118 cm³/mol. The van der Waals surface area contributed by atoms with E-state index in [1.807, 2.05) is 35.0 Å². The molecule has 0 bridgehead atoms. The third-order valence-electron chi connectivity index (χ3n) is 5.34. The van der Waals surface area contributed by atoms with Gasteiger partial charge in [-0.05, 0) is 43.8 Å². The van der Waals surface area contributed by atoms with Crippen LogP contribution in [0, 0.1) is 0 Å². The first-order valence-electron chi connectivity index (χ1n) is 10.4. The summed E-state index contributed by atoms with van der Waals surface area (Å²) in [7, 11) is 0. The summed E-state index contributed by atoms with van der Waals surface area (Å²) in [6.07, 6.45) is 0.995. The average molecular weight is 389 g/mol. The van der Waals surface area contributed by atoms with E-state index in [1.54, 1.807) is 0 Å². The van der Waals surface area contributed by atoms with Crippen LogP contribution in [0.3, 0.4) is 0 Å². The number of nitrogens with zero attached hydrogens (tertiary/aromatic N) is 4. The van der Waals surface area contributed by atoms with Gasteiger partial charge in [-0.3, -0.25) is 9.67 Å². The lowest BCUT2D eigenvalue weighted by Gasteiger charge is -2.17. The Kier molecular flexibility index (Phi) is 6.06. The molecule has 0 radical (unpaired) electrons. The molecule has 0 aliphatic carbocycles.